The minimum absolute atomic E-state index is 0.171. The highest BCUT2D eigenvalue weighted by Gasteiger charge is 2.21. The van der Waals surface area contributed by atoms with Crippen LogP contribution in [0.5, 0.6) is 5.75 Å². The van der Waals surface area contributed by atoms with Crippen molar-refractivity contribution < 1.29 is 19.2 Å². The van der Waals surface area contributed by atoms with Gasteiger partial charge in [-0.15, -0.1) is 11.3 Å². The highest BCUT2D eigenvalue weighted by molar-refractivity contribution is 7.21. The number of nitrogens with zero attached hydrogens (tertiary/aromatic N) is 1. The quantitative estimate of drug-likeness (QED) is 0.509. The molecule has 0 aliphatic heterocycles. The first-order valence-corrected chi connectivity index (χ1v) is 8.72. The first-order chi connectivity index (χ1) is 12.9. The Morgan fingerprint density at radius 1 is 1.15 bits per heavy atom. The molecule has 0 unspecified atom stereocenters. The van der Waals surface area contributed by atoms with Gasteiger partial charge in [0.1, 0.15) is 16.2 Å². The summed E-state index contributed by atoms with van der Waals surface area (Å²) in [5.41, 5.74) is 3.86. The second-order valence-corrected chi connectivity index (χ2v) is 6.72. The van der Waals surface area contributed by atoms with Gasteiger partial charge in [-0.1, -0.05) is 23.7 Å². The summed E-state index contributed by atoms with van der Waals surface area (Å²) in [6, 6.07) is 10.6. The van der Waals surface area contributed by atoms with E-state index in [1.54, 1.807) is 18.2 Å². The molecule has 3 rings (SSSR count). The largest absolute Gasteiger partial charge is 0.497 e. The number of benzene rings is 2. The number of nitrogens with one attached hydrogen (secondary N) is 2. The zero-order chi connectivity index (χ0) is 19.6. The van der Waals surface area contributed by atoms with Crippen molar-refractivity contribution in [1.82, 2.24) is 10.9 Å². The van der Waals surface area contributed by atoms with Crippen LogP contribution in [0.1, 0.15) is 20.0 Å². The molecule has 10 heteroatoms. The van der Waals surface area contributed by atoms with Gasteiger partial charge in [0.15, 0.2) is 0 Å². The summed E-state index contributed by atoms with van der Waals surface area (Å²) in [7, 11) is 1.53. The molecule has 3 aromatic rings. The topological polar surface area (TPSA) is 111 Å². The number of nitro benzene ring substituents is 1. The minimum atomic E-state index is -0.811. The summed E-state index contributed by atoms with van der Waals surface area (Å²) in [5, 5.41) is 11.9. The molecular weight excluding hydrogens is 394 g/mol. The van der Waals surface area contributed by atoms with Gasteiger partial charge < -0.3 is 4.74 Å². The predicted octanol–water partition coefficient (Wildman–Crippen LogP) is 3.55. The van der Waals surface area contributed by atoms with Gasteiger partial charge in [0.25, 0.3) is 17.5 Å². The van der Waals surface area contributed by atoms with Crippen molar-refractivity contribution >= 4 is 50.5 Å². The number of thiophene rings is 1. The Kier molecular flexibility index (Phi) is 5.24. The van der Waals surface area contributed by atoms with Crippen LogP contribution in [-0.4, -0.2) is 23.8 Å². The Balaban J connectivity index is 1.78. The minimum Gasteiger partial charge on any atom is -0.497 e. The molecule has 1 aromatic heterocycles. The molecule has 0 saturated heterocycles. The molecule has 2 amide bonds. The van der Waals surface area contributed by atoms with Crippen LogP contribution in [0, 0.1) is 10.1 Å². The maximum atomic E-state index is 12.4. The first-order valence-electron chi connectivity index (χ1n) is 7.52. The number of hydrogen-bond acceptors (Lipinski definition) is 6. The molecule has 0 aliphatic carbocycles. The number of amides is 2. The molecule has 0 aliphatic rings. The lowest BCUT2D eigenvalue weighted by Crippen LogP contribution is -2.41. The average Bonchev–Trinajstić information content (AvgIpc) is 3.01. The second kappa shape index (κ2) is 7.60. The van der Waals surface area contributed by atoms with Crippen LogP contribution >= 0.6 is 22.9 Å². The number of hydrogen-bond donors (Lipinski definition) is 2. The number of methoxy groups -OCH3 is 1. The highest BCUT2D eigenvalue weighted by Crippen LogP contribution is 2.37. The molecule has 2 N–H and O–H groups in total. The third-order valence-corrected chi connectivity index (χ3v) is 5.33. The molecular formula is C17H12ClN3O5S. The van der Waals surface area contributed by atoms with E-state index in [4.69, 9.17) is 16.3 Å². The summed E-state index contributed by atoms with van der Waals surface area (Å²) in [6.45, 7) is 0. The van der Waals surface area contributed by atoms with Crippen molar-refractivity contribution in [1.29, 1.82) is 0 Å². The van der Waals surface area contributed by atoms with Gasteiger partial charge in [0, 0.05) is 16.2 Å². The number of halogens is 1. The highest BCUT2D eigenvalue weighted by atomic mass is 35.5. The van der Waals surface area contributed by atoms with Crippen molar-refractivity contribution in [2.75, 3.05) is 7.11 Å². The van der Waals surface area contributed by atoms with E-state index >= 15 is 0 Å². The number of carbonyl (C=O) groups excluding carboxylic acids is 2. The number of rotatable bonds is 4. The lowest BCUT2D eigenvalue weighted by Gasteiger charge is -2.07. The first kappa shape index (κ1) is 18.6. The lowest BCUT2D eigenvalue weighted by molar-refractivity contribution is -0.385. The fraction of sp³-hybridized carbons (Fsp3) is 0.0588. The molecule has 8 nitrogen and oxygen atoms in total. The van der Waals surface area contributed by atoms with Crippen LogP contribution < -0.4 is 15.6 Å². The number of carbonyl (C=O) groups is 2. The van der Waals surface area contributed by atoms with Crippen LogP contribution in [-0.2, 0) is 0 Å². The fourth-order valence-corrected chi connectivity index (χ4v) is 3.82. The summed E-state index contributed by atoms with van der Waals surface area (Å²) in [6.07, 6.45) is 0. The summed E-state index contributed by atoms with van der Waals surface area (Å²) >= 11 is 7.39. The third-order valence-electron chi connectivity index (χ3n) is 3.68. The number of para-hydroxylation sites is 1. The fourth-order valence-electron chi connectivity index (χ4n) is 2.38. The van der Waals surface area contributed by atoms with Crippen LogP contribution in [0.2, 0.25) is 5.02 Å². The zero-order valence-electron chi connectivity index (χ0n) is 13.8. The van der Waals surface area contributed by atoms with Crippen LogP contribution in [0.15, 0.2) is 42.5 Å². The number of nitro groups is 1. The van der Waals surface area contributed by atoms with Gasteiger partial charge in [-0.25, -0.2) is 0 Å². The Hall–Kier alpha value is -3.17. The van der Waals surface area contributed by atoms with Gasteiger partial charge >= 0.3 is 0 Å². The van der Waals surface area contributed by atoms with Crippen molar-refractivity contribution in [3.63, 3.8) is 0 Å². The van der Waals surface area contributed by atoms with E-state index in [0.717, 1.165) is 16.0 Å². The lowest BCUT2D eigenvalue weighted by atomic mass is 10.2. The standard InChI is InChI=1S/C17H12ClN3O5S/c1-26-9-6-7-11-13(8-9)27-15(14(11)18)17(23)20-19-16(22)10-4-2-3-5-12(10)21(24)25/h2-8H,1H3,(H,19,22)(H,20,23). The van der Waals surface area contributed by atoms with E-state index in [1.807, 2.05) is 0 Å². The molecule has 27 heavy (non-hydrogen) atoms. The van der Waals surface area contributed by atoms with Gasteiger partial charge in [-0.2, -0.15) is 0 Å². The van der Waals surface area contributed by atoms with Crippen LogP contribution in [0.25, 0.3) is 10.1 Å². The average molecular weight is 406 g/mol. The normalized spacial score (nSPS) is 10.4. The number of hydrazine groups is 1. The molecule has 138 valence electrons. The van der Waals surface area contributed by atoms with Crippen molar-refractivity contribution in [2.24, 2.45) is 0 Å². The van der Waals surface area contributed by atoms with E-state index in [-0.39, 0.29) is 21.2 Å². The molecule has 2 aromatic carbocycles. The van der Waals surface area contributed by atoms with Crippen LogP contribution in [0.4, 0.5) is 5.69 Å². The van der Waals surface area contributed by atoms with Crippen molar-refractivity contribution in [3.8, 4) is 5.75 Å². The third kappa shape index (κ3) is 3.69. The Morgan fingerprint density at radius 3 is 2.56 bits per heavy atom. The second-order valence-electron chi connectivity index (χ2n) is 5.29. The summed E-state index contributed by atoms with van der Waals surface area (Å²) in [4.78, 5) is 35.1. The zero-order valence-corrected chi connectivity index (χ0v) is 15.4. The maximum Gasteiger partial charge on any atom is 0.282 e. The Labute approximate surface area is 161 Å². The SMILES string of the molecule is COc1ccc2c(Cl)c(C(=O)NNC(=O)c3ccccc3[N+](=O)[O-])sc2c1. The smallest absolute Gasteiger partial charge is 0.282 e. The molecule has 1 heterocycles. The molecule has 0 bridgehead atoms. The van der Waals surface area contributed by atoms with Gasteiger partial charge in [-0.05, 0) is 24.3 Å². The van der Waals surface area contributed by atoms with Crippen molar-refractivity contribution in [2.45, 2.75) is 0 Å². The number of ether oxygens (including phenoxy) is 1. The summed E-state index contributed by atoms with van der Waals surface area (Å²) < 4.78 is 5.89. The van der Waals surface area contributed by atoms with Gasteiger partial charge in [-0.3, -0.25) is 30.6 Å². The van der Waals surface area contributed by atoms with E-state index in [9.17, 15) is 19.7 Å². The maximum absolute atomic E-state index is 12.4. The number of fused-ring (bicyclic) bond motifs is 1. The van der Waals surface area contributed by atoms with E-state index < -0.39 is 16.7 Å². The van der Waals surface area contributed by atoms with Crippen molar-refractivity contribution in [3.05, 3.63) is 68.0 Å². The Morgan fingerprint density at radius 2 is 1.85 bits per heavy atom. The van der Waals surface area contributed by atoms with Gasteiger partial charge in [0.05, 0.1) is 17.1 Å². The molecule has 0 saturated carbocycles. The monoisotopic (exact) mass is 405 g/mol. The van der Waals surface area contributed by atoms with E-state index in [2.05, 4.69) is 10.9 Å². The Bertz CT molecular complexity index is 1070. The molecule has 0 fully saturated rings. The molecule has 0 spiro atoms. The van der Waals surface area contributed by atoms with E-state index in [1.165, 1.54) is 31.4 Å². The van der Waals surface area contributed by atoms with E-state index in [0.29, 0.717) is 11.1 Å². The summed E-state index contributed by atoms with van der Waals surface area (Å²) in [5.74, 6) is -0.821. The van der Waals surface area contributed by atoms with Crippen LogP contribution in [0.3, 0.4) is 0 Å². The predicted molar refractivity (Wildman–Crippen MR) is 101 cm³/mol. The van der Waals surface area contributed by atoms with Gasteiger partial charge in [0.2, 0.25) is 0 Å². The molecule has 0 radical (unpaired) electrons. The molecule has 0 atom stereocenters.